The van der Waals surface area contributed by atoms with Gasteiger partial charge in [0.15, 0.2) is 11.5 Å². The maximum Gasteiger partial charge on any atom is 0.161 e. The fraction of sp³-hybridized carbons (Fsp3) is 0.294. The zero-order valence-electron chi connectivity index (χ0n) is 11.7. The van der Waals surface area contributed by atoms with Crippen LogP contribution in [-0.2, 0) is 0 Å². The Labute approximate surface area is 132 Å². The largest absolute Gasteiger partial charge is 0.489 e. The van der Waals surface area contributed by atoms with E-state index >= 15 is 0 Å². The summed E-state index contributed by atoms with van der Waals surface area (Å²) in [6.07, 6.45) is 0. The highest BCUT2D eigenvalue weighted by molar-refractivity contribution is 9.09. The van der Waals surface area contributed by atoms with Crippen LogP contribution in [0.3, 0.4) is 0 Å². The molecule has 0 N–H and O–H groups in total. The molecule has 0 aliphatic carbocycles. The Balaban J connectivity index is 1.88. The highest BCUT2D eigenvalue weighted by atomic mass is 79.9. The van der Waals surface area contributed by atoms with Crippen LogP contribution in [0, 0.1) is 11.7 Å². The van der Waals surface area contributed by atoms with Gasteiger partial charge in [-0.15, -0.1) is 0 Å². The van der Waals surface area contributed by atoms with Crippen molar-refractivity contribution < 1.29 is 13.9 Å². The van der Waals surface area contributed by atoms with Gasteiger partial charge in [-0.1, -0.05) is 41.1 Å². The first-order chi connectivity index (χ1) is 10.1. The van der Waals surface area contributed by atoms with Gasteiger partial charge in [-0.3, -0.25) is 0 Å². The first-order valence-electron chi connectivity index (χ1n) is 6.92. The normalized spacial score (nSPS) is 18.9. The number of halogens is 2. The lowest BCUT2D eigenvalue weighted by Crippen LogP contribution is -2.12. The predicted molar refractivity (Wildman–Crippen MR) is 83.8 cm³/mol. The van der Waals surface area contributed by atoms with Crippen molar-refractivity contribution in [2.75, 3.05) is 13.2 Å². The van der Waals surface area contributed by atoms with Gasteiger partial charge in [-0.2, -0.15) is 0 Å². The van der Waals surface area contributed by atoms with E-state index in [1.165, 1.54) is 12.1 Å². The van der Waals surface area contributed by atoms with Crippen molar-refractivity contribution in [1.29, 1.82) is 0 Å². The van der Waals surface area contributed by atoms with Crippen LogP contribution in [0.25, 0.3) is 0 Å². The molecule has 0 aromatic heterocycles. The summed E-state index contributed by atoms with van der Waals surface area (Å²) in [6.45, 7) is 3.42. The molecule has 21 heavy (non-hydrogen) atoms. The first-order valence-corrected chi connectivity index (χ1v) is 7.84. The quantitative estimate of drug-likeness (QED) is 0.729. The molecule has 2 atom stereocenters. The lowest BCUT2D eigenvalue weighted by molar-refractivity contribution is 0.228. The Bertz CT molecular complexity index is 627. The minimum Gasteiger partial charge on any atom is -0.489 e. The van der Waals surface area contributed by atoms with E-state index in [2.05, 4.69) is 22.9 Å². The van der Waals surface area contributed by atoms with Crippen molar-refractivity contribution in [1.82, 2.24) is 0 Å². The van der Waals surface area contributed by atoms with Gasteiger partial charge in [0, 0.05) is 5.92 Å². The molecule has 1 aliphatic heterocycles. The molecule has 2 aromatic carbocycles. The van der Waals surface area contributed by atoms with Crippen LogP contribution in [0.2, 0.25) is 0 Å². The van der Waals surface area contributed by atoms with E-state index in [1.807, 2.05) is 18.2 Å². The minimum atomic E-state index is -0.230. The summed E-state index contributed by atoms with van der Waals surface area (Å²) >= 11 is 3.66. The van der Waals surface area contributed by atoms with Gasteiger partial charge in [-0.05, 0) is 35.4 Å². The molecule has 1 heterocycles. The zero-order valence-corrected chi connectivity index (χ0v) is 13.3. The standard InChI is InChI=1S/C17H16BrFO2/c1-11-9-20-15-7-4-13(8-16(15)21-10-11)17(18)12-2-5-14(19)6-3-12/h2-8,11,17H,9-10H2,1H3. The molecule has 3 rings (SSSR count). The Hall–Kier alpha value is -1.55. The van der Waals surface area contributed by atoms with Gasteiger partial charge >= 0.3 is 0 Å². The third kappa shape index (κ3) is 3.21. The van der Waals surface area contributed by atoms with Gasteiger partial charge in [-0.25, -0.2) is 4.39 Å². The van der Waals surface area contributed by atoms with Crippen LogP contribution in [0.15, 0.2) is 42.5 Å². The molecule has 4 heteroatoms. The number of fused-ring (bicyclic) bond motifs is 1. The topological polar surface area (TPSA) is 18.5 Å². The summed E-state index contributed by atoms with van der Waals surface area (Å²) in [5.74, 6) is 1.69. The van der Waals surface area contributed by atoms with Crippen LogP contribution < -0.4 is 9.47 Å². The van der Waals surface area contributed by atoms with Crippen LogP contribution in [0.4, 0.5) is 4.39 Å². The number of hydrogen-bond acceptors (Lipinski definition) is 2. The van der Waals surface area contributed by atoms with Gasteiger partial charge in [0.1, 0.15) is 5.82 Å². The Morgan fingerprint density at radius 2 is 1.62 bits per heavy atom. The highest BCUT2D eigenvalue weighted by Crippen LogP contribution is 2.37. The van der Waals surface area contributed by atoms with E-state index in [9.17, 15) is 4.39 Å². The summed E-state index contributed by atoms with van der Waals surface area (Å²) in [7, 11) is 0. The van der Waals surface area contributed by atoms with Crippen molar-refractivity contribution in [3.63, 3.8) is 0 Å². The molecular weight excluding hydrogens is 335 g/mol. The van der Waals surface area contributed by atoms with Gasteiger partial charge in [0.05, 0.1) is 18.0 Å². The monoisotopic (exact) mass is 350 g/mol. The molecule has 0 bridgehead atoms. The van der Waals surface area contributed by atoms with Crippen molar-refractivity contribution >= 4 is 15.9 Å². The summed E-state index contributed by atoms with van der Waals surface area (Å²) < 4.78 is 24.5. The van der Waals surface area contributed by atoms with E-state index in [0.29, 0.717) is 19.1 Å². The number of benzene rings is 2. The lowest BCUT2D eigenvalue weighted by atomic mass is 10.0. The van der Waals surface area contributed by atoms with E-state index in [0.717, 1.165) is 22.6 Å². The zero-order chi connectivity index (χ0) is 14.8. The lowest BCUT2D eigenvalue weighted by Gasteiger charge is -2.14. The van der Waals surface area contributed by atoms with Crippen LogP contribution in [-0.4, -0.2) is 13.2 Å². The maximum absolute atomic E-state index is 13.0. The van der Waals surface area contributed by atoms with Crippen molar-refractivity contribution in [3.8, 4) is 11.5 Å². The van der Waals surface area contributed by atoms with Crippen molar-refractivity contribution in [3.05, 3.63) is 59.4 Å². The third-order valence-electron chi connectivity index (χ3n) is 3.47. The molecule has 110 valence electrons. The Morgan fingerprint density at radius 1 is 1.00 bits per heavy atom. The Morgan fingerprint density at radius 3 is 2.33 bits per heavy atom. The van der Waals surface area contributed by atoms with E-state index in [4.69, 9.17) is 9.47 Å². The molecule has 0 spiro atoms. The van der Waals surface area contributed by atoms with Crippen molar-refractivity contribution in [2.24, 2.45) is 5.92 Å². The molecule has 2 aromatic rings. The smallest absolute Gasteiger partial charge is 0.161 e. The third-order valence-corrected chi connectivity index (χ3v) is 4.53. The fourth-order valence-corrected chi connectivity index (χ4v) is 2.84. The molecule has 0 amide bonds. The number of ether oxygens (including phenoxy) is 2. The molecule has 2 unspecified atom stereocenters. The molecule has 0 saturated carbocycles. The highest BCUT2D eigenvalue weighted by Gasteiger charge is 2.18. The van der Waals surface area contributed by atoms with E-state index in [1.54, 1.807) is 12.1 Å². The summed E-state index contributed by atoms with van der Waals surface area (Å²) in [6, 6.07) is 12.4. The molecule has 2 nitrogen and oxygen atoms in total. The fourth-order valence-electron chi connectivity index (χ4n) is 2.25. The molecule has 1 aliphatic rings. The predicted octanol–water partition coefficient (Wildman–Crippen LogP) is 4.72. The first kappa shape index (κ1) is 14.4. The van der Waals surface area contributed by atoms with Gasteiger partial charge < -0.3 is 9.47 Å². The SMILES string of the molecule is CC1COc2ccc(C(Br)c3ccc(F)cc3)cc2OC1. The van der Waals surface area contributed by atoms with E-state index in [-0.39, 0.29) is 10.6 Å². The second-order valence-corrected chi connectivity index (χ2v) is 6.26. The van der Waals surface area contributed by atoms with E-state index < -0.39 is 0 Å². The second-order valence-electron chi connectivity index (χ2n) is 5.35. The minimum absolute atomic E-state index is 0.00678. The van der Waals surface area contributed by atoms with Crippen LogP contribution in [0.5, 0.6) is 11.5 Å². The second kappa shape index (κ2) is 6.06. The van der Waals surface area contributed by atoms with Crippen molar-refractivity contribution in [2.45, 2.75) is 11.8 Å². The summed E-state index contributed by atoms with van der Waals surface area (Å²) in [4.78, 5) is -0.00678. The summed E-state index contributed by atoms with van der Waals surface area (Å²) in [5.41, 5.74) is 2.05. The molecule has 0 saturated heterocycles. The average molecular weight is 351 g/mol. The molecular formula is C17H16BrFO2. The Kier molecular flexibility index (Phi) is 4.15. The number of hydrogen-bond donors (Lipinski definition) is 0. The summed E-state index contributed by atoms with van der Waals surface area (Å²) in [5, 5.41) is 0. The van der Waals surface area contributed by atoms with Gasteiger partial charge in [0.2, 0.25) is 0 Å². The molecule has 0 radical (unpaired) electrons. The number of alkyl halides is 1. The van der Waals surface area contributed by atoms with Crippen LogP contribution >= 0.6 is 15.9 Å². The average Bonchev–Trinajstić information content (AvgIpc) is 2.69. The van der Waals surface area contributed by atoms with Crippen LogP contribution in [0.1, 0.15) is 22.9 Å². The molecule has 0 fully saturated rings. The maximum atomic E-state index is 13.0. The number of rotatable bonds is 2. The van der Waals surface area contributed by atoms with Gasteiger partial charge in [0.25, 0.3) is 0 Å².